The van der Waals surface area contributed by atoms with Gasteiger partial charge in [0.25, 0.3) is 0 Å². The van der Waals surface area contributed by atoms with Gasteiger partial charge in [-0.05, 0) is 61.1 Å². The molecule has 2 amide bonds. The van der Waals surface area contributed by atoms with Gasteiger partial charge < -0.3 is 9.80 Å². The molecule has 1 aliphatic carbocycles. The first-order valence-corrected chi connectivity index (χ1v) is 10.3. The van der Waals surface area contributed by atoms with Crippen LogP contribution in [0.1, 0.15) is 55.7 Å². The molecule has 2 fully saturated rings. The second-order valence-electron chi connectivity index (χ2n) is 8.30. The fourth-order valence-electron chi connectivity index (χ4n) is 5.21. The van der Waals surface area contributed by atoms with Crippen LogP contribution < -0.4 is 0 Å². The molecule has 2 heterocycles. The van der Waals surface area contributed by atoms with E-state index >= 15 is 0 Å². The van der Waals surface area contributed by atoms with Crippen LogP contribution in [0.4, 0.5) is 0 Å². The Morgan fingerprint density at radius 1 is 1.04 bits per heavy atom. The van der Waals surface area contributed by atoms with E-state index in [1.807, 2.05) is 0 Å². The van der Waals surface area contributed by atoms with Crippen LogP contribution >= 0.6 is 0 Å². The topological polar surface area (TPSA) is 40.6 Å². The molecule has 140 valence electrons. The molecular formula is C22H30N2O2. The summed E-state index contributed by atoms with van der Waals surface area (Å²) in [6.07, 6.45) is 8.43. The molecule has 0 N–H and O–H groups in total. The number of hydrogen-bond acceptors (Lipinski definition) is 2. The van der Waals surface area contributed by atoms with E-state index in [1.165, 1.54) is 24.0 Å². The summed E-state index contributed by atoms with van der Waals surface area (Å²) >= 11 is 0. The zero-order valence-corrected chi connectivity index (χ0v) is 15.9. The van der Waals surface area contributed by atoms with E-state index in [0.29, 0.717) is 18.4 Å². The van der Waals surface area contributed by atoms with E-state index in [-0.39, 0.29) is 11.8 Å². The summed E-state index contributed by atoms with van der Waals surface area (Å²) in [4.78, 5) is 29.0. The van der Waals surface area contributed by atoms with Crippen LogP contribution in [0.15, 0.2) is 18.2 Å². The lowest BCUT2D eigenvalue weighted by molar-refractivity contribution is -0.137. The van der Waals surface area contributed by atoms with Gasteiger partial charge in [-0.3, -0.25) is 9.59 Å². The molecule has 0 aromatic heterocycles. The number of likely N-dealkylation sites (tertiary alicyclic amines) is 2. The number of piperidine rings is 1. The van der Waals surface area contributed by atoms with E-state index < -0.39 is 0 Å². The average molecular weight is 354 g/mol. The highest BCUT2D eigenvalue weighted by Gasteiger charge is 2.37. The molecular weight excluding hydrogens is 324 g/mol. The molecule has 0 spiro atoms. The number of aryl methyl sites for hydroxylation is 2. The fraction of sp³-hybridized carbons (Fsp3) is 0.636. The van der Waals surface area contributed by atoms with Gasteiger partial charge in [-0.1, -0.05) is 24.6 Å². The molecule has 2 aliphatic heterocycles. The van der Waals surface area contributed by atoms with E-state index in [4.69, 9.17) is 0 Å². The van der Waals surface area contributed by atoms with Gasteiger partial charge >= 0.3 is 0 Å². The van der Waals surface area contributed by atoms with Crippen LogP contribution in [0.5, 0.6) is 0 Å². The van der Waals surface area contributed by atoms with Crippen molar-refractivity contribution in [1.82, 2.24) is 9.80 Å². The zero-order valence-electron chi connectivity index (χ0n) is 15.9. The molecule has 26 heavy (non-hydrogen) atoms. The second-order valence-corrected chi connectivity index (χ2v) is 8.30. The summed E-state index contributed by atoms with van der Waals surface area (Å²) < 4.78 is 0. The third-order valence-electron chi connectivity index (χ3n) is 6.59. The lowest BCUT2D eigenvalue weighted by atomic mass is 9.88. The van der Waals surface area contributed by atoms with Gasteiger partial charge in [-0.25, -0.2) is 0 Å². The van der Waals surface area contributed by atoms with Crippen molar-refractivity contribution in [1.29, 1.82) is 0 Å². The number of amides is 2. The summed E-state index contributed by atoms with van der Waals surface area (Å²) in [5, 5.41) is 0. The van der Waals surface area contributed by atoms with Gasteiger partial charge in [0, 0.05) is 32.6 Å². The molecule has 0 saturated carbocycles. The van der Waals surface area contributed by atoms with Crippen molar-refractivity contribution in [2.24, 2.45) is 5.92 Å². The van der Waals surface area contributed by atoms with Crippen LogP contribution in [0, 0.1) is 5.92 Å². The first-order valence-electron chi connectivity index (χ1n) is 10.3. The van der Waals surface area contributed by atoms with Gasteiger partial charge in [-0.15, -0.1) is 0 Å². The maximum atomic E-state index is 12.9. The quantitative estimate of drug-likeness (QED) is 0.819. The average Bonchev–Trinajstić information content (AvgIpc) is 2.98. The number of carbonyl (C=O) groups excluding carboxylic acids is 2. The number of carbonyl (C=O) groups is 2. The summed E-state index contributed by atoms with van der Waals surface area (Å²) in [6, 6.07) is 6.93. The van der Waals surface area contributed by atoms with Crippen molar-refractivity contribution >= 4 is 11.8 Å². The van der Waals surface area contributed by atoms with E-state index in [1.54, 1.807) is 6.92 Å². The minimum Gasteiger partial charge on any atom is -0.342 e. The summed E-state index contributed by atoms with van der Waals surface area (Å²) in [5.74, 6) is 0.888. The van der Waals surface area contributed by atoms with Crippen LogP contribution in [-0.2, 0) is 28.9 Å². The minimum absolute atomic E-state index is 0.194. The Kier molecular flexibility index (Phi) is 5.01. The van der Waals surface area contributed by atoms with Crippen molar-refractivity contribution < 1.29 is 9.59 Å². The van der Waals surface area contributed by atoms with Gasteiger partial charge in [0.15, 0.2) is 0 Å². The monoisotopic (exact) mass is 354 g/mol. The van der Waals surface area contributed by atoms with Crippen LogP contribution in [0.25, 0.3) is 0 Å². The Balaban J connectivity index is 1.41. The number of hydrogen-bond donors (Lipinski definition) is 0. The third-order valence-corrected chi connectivity index (χ3v) is 6.59. The Morgan fingerprint density at radius 3 is 2.73 bits per heavy atom. The molecule has 4 rings (SSSR count). The smallest absolute Gasteiger partial charge is 0.227 e. The van der Waals surface area contributed by atoms with Crippen molar-refractivity contribution in [3.63, 3.8) is 0 Å². The number of benzene rings is 1. The largest absolute Gasteiger partial charge is 0.342 e. The summed E-state index contributed by atoms with van der Waals surface area (Å²) in [6.45, 7) is 4.18. The zero-order chi connectivity index (χ0) is 18.1. The first-order chi connectivity index (χ1) is 12.6. The molecule has 0 radical (unpaired) electrons. The summed E-state index contributed by atoms with van der Waals surface area (Å²) in [5.41, 5.74) is 4.06. The highest BCUT2D eigenvalue weighted by atomic mass is 16.2. The Bertz CT molecular complexity index is 699. The van der Waals surface area contributed by atoms with Crippen LogP contribution in [0.3, 0.4) is 0 Å². The number of fused-ring (bicyclic) bond motifs is 2. The molecule has 4 nitrogen and oxygen atoms in total. The lowest BCUT2D eigenvalue weighted by Gasteiger charge is -2.42. The van der Waals surface area contributed by atoms with Crippen molar-refractivity contribution in [2.75, 3.05) is 19.6 Å². The Morgan fingerprint density at radius 2 is 1.88 bits per heavy atom. The molecule has 3 aliphatic rings. The molecule has 2 saturated heterocycles. The van der Waals surface area contributed by atoms with E-state index in [0.717, 1.165) is 57.3 Å². The third kappa shape index (κ3) is 3.51. The number of nitrogens with zero attached hydrogens (tertiary/aromatic N) is 2. The molecule has 1 aromatic rings. The molecule has 1 aromatic carbocycles. The standard InChI is InChI=1S/C22H30N2O2/c1-16(25)24-11-3-2-5-20-15-23(12-10-21(20)24)22(26)14-17-8-9-18-6-4-7-19(18)13-17/h8-9,13,20-21H,2-7,10-12,14-15H2,1H3/t20-,21-/m1/s1. The fourth-order valence-corrected chi connectivity index (χ4v) is 5.21. The van der Waals surface area contributed by atoms with Gasteiger partial charge in [0.2, 0.25) is 11.8 Å². The molecule has 0 unspecified atom stereocenters. The lowest BCUT2D eigenvalue weighted by Crippen LogP contribution is -2.53. The highest BCUT2D eigenvalue weighted by Crippen LogP contribution is 2.30. The van der Waals surface area contributed by atoms with Crippen LogP contribution in [0.2, 0.25) is 0 Å². The predicted octanol–water partition coefficient (Wildman–Crippen LogP) is 2.97. The van der Waals surface area contributed by atoms with Gasteiger partial charge in [0.1, 0.15) is 0 Å². The first kappa shape index (κ1) is 17.6. The maximum absolute atomic E-state index is 12.9. The van der Waals surface area contributed by atoms with Crippen molar-refractivity contribution in [3.8, 4) is 0 Å². The van der Waals surface area contributed by atoms with Crippen molar-refractivity contribution in [2.45, 2.75) is 64.3 Å². The highest BCUT2D eigenvalue weighted by molar-refractivity contribution is 5.79. The Labute approximate surface area is 156 Å². The maximum Gasteiger partial charge on any atom is 0.227 e. The normalized spacial score (nSPS) is 25.4. The van der Waals surface area contributed by atoms with Gasteiger partial charge in [0.05, 0.1) is 6.42 Å². The second kappa shape index (κ2) is 7.42. The Hall–Kier alpha value is -1.84. The molecule has 4 heteroatoms. The molecule has 0 bridgehead atoms. The molecule has 2 atom stereocenters. The SMILES string of the molecule is CC(=O)N1CCCC[C@@H]2CN(C(=O)Cc3ccc4c(c3)CCC4)CC[C@H]21. The van der Waals surface area contributed by atoms with E-state index in [9.17, 15) is 9.59 Å². The van der Waals surface area contributed by atoms with Crippen LogP contribution in [-0.4, -0.2) is 47.3 Å². The predicted molar refractivity (Wildman–Crippen MR) is 102 cm³/mol. The minimum atomic E-state index is 0.194. The van der Waals surface area contributed by atoms with E-state index in [2.05, 4.69) is 28.0 Å². The van der Waals surface area contributed by atoms with Gasteiger partial charge in [-0.2, -0.15) is 0 Å². The van der Waals surface area contributed by atoms with Crippen molar-refractivity contribution in [3.05, 3.63) is 34.9 Å². The number of rotatable bonds is 2. The summed E-state index contributed by atoms with van der Waals surface area (Å²) in [7, 11) is 0.